The van der Waals surface area contributed by atoms with Crippen LogP contribution in [0, 0.1) is 0 Å². The van der Waals surface area contributed by atoms with Gasteiger partial charge in [0.25, 0.3) is 0 Å². The molecule has 0 radical (unpaired) electrons. The van der Waals surface area contributed by atoms with Gasteiger partial charge in [-0.1, -0.05) is 0 Å². The zero-order chi connectivity index (χ0) is 10.1. The first-order valence-corrected chi connectivity index (χ1v) is 4.01. The van der Waals surface area contributed by atoms with Crippen molar-refractivity contribution in [1.82, 2.24) is 4.90 Å². The van der Waals surface area contributed by atoms with Crippen molar-refractivity contribution in [3.8, 4) is 0 Å². The van der Waals surface area contributed by atoms with Gasteiger partial charge in [-0.2, -0.15) is 8.42 Å². The Labute approximate surface area is 67.6 Å². The molecule has 0 aromatic heterocycles. The average Bonchev–Trinajstić information content (AvgIpc) is 1.63. The maximum atomic E-state index is 8.74. The summed E-state index contributed by atoms with van der Waals surface area (Å²) in [5.41, 5.74) is 4.50. The zero-order valence-electron chi connectivity index (χ0n) is 7.14. The van der Waals surface area contributed by atoms with Crippen LogP contribution in [0.1, 0.15) is 0 Å². The molecule has 72 valence electrons. The molecule has 0 saturated heterocycles. The molecule has 0 unspecified atom stereocenters. The summed E-state index contributed by atoms with van der Waals surface area (Å²) in [6.07, 6.45) is 0. The molecular formula is C4H16N2O4S. The summed E-state index contributed by atoms with van der Waals surface area (Å²) in [6.45, 7) is 0. The van der Waals surface area contributed by atoms with E-state index in [2.05, 4.69) is 5.73 Å². The Balaban J connectivity index is -0.0000000965. The van der Waals surface area contributed by atoms with Crippen LogP contribution in [-0.4, -0.2) is 50.6 Å². The summed E-state index contributed by atoms with van der Waals surface area (Å²) in [6, 6.07) is 0. The van der Waals surface area contributed by atoms with Crippen LogP contribution in [0.15, 0.2) is 0 Å². The second kappa shape index (κ2) is 9.79. The Morgan fingerprint density at radius 1 is 1.09 bits per heavy atom. The van der Waals surface area contributed by atoms with E-state index in [-0.39, 0.29) is 0 Å². The predicted molar refractivity (Wildman–Crippen MR) is 43.9 cm³/mol. The molecule has 0 aliphatic heterocycles. The van der Waals surface area contributed by atoms with E-state index in [0.29, 0.717) is 0 Å². The SMILES string of the molecule is CN.CN(C)C.O=S(=O)(O)O. The van der Waals surface area contributed by atoms with Gasteiger partial charge in [-0.3, -0.25) is 9.11 Å². The number of nitrogens with zero attached hydrogens (tertiary/aromatic N) is 1. The molecule has 4 N–H and O–H groups in total. The van der Waals surface area contributed by atoms with E-state index in [0.717, 1.165) is 0 Å². The van der Waals surface area contributed by atoms with Gasteiger partial charge in [0.2, 0.25) is 0 Å². The fraction of sp³-hybridized carbons (Fsp3) is 1.00. The molecule has 0 aliphatic carbocycles. The lowest BCUT2D eigenvalue weighted by Crippen LogP contribution is -1.99. The largest absolute Gasteiger partial charge is 0.394 e. The molecular weight excluding hydrogens is 172 g/mol. The van der Waals surface area contributed by atoms with E-state index < -0.39 is 10.4 Å². The van der Waals surface area contributed by atoms with Gasteiger partial charge in [-0.05, 0) is 28.2 Å². The molecule has 0 saturated carbocycles. The Morgan fingerprint density at radius 3 is 1.09 bits per heavy atom. The van der Waals surface area contributed by atoms with Crippen molar-refractivity contribution in [3.05, 3.63) is 0 Å². The van der Waals surface area contributed by atoms with Crippen LogP contribution in [0.25, 0.3) is 0 Å². The van der Waals surface area contributed by atoms with Crippen molar-refractivity contribution in [2.75, 3.05) is 28.2 Å². The van der Waals surface area contributed by atoms with Crippen LogP contribution in [0.4, 0.5) is 0 Å². The normalized spacial score (nSPS) is 9.09. The standard InChI is InChI=1S/C3H9N.CH5N.H2O4S/c1-4(2)3;1-2;1-5(2,3)4/h1-3H3;2H2,1H3;(H2,1,2,3,4). The molecule has 0 heterocycles. The van der Waals surface area contributed by atoms with Gasteiger partial charge in [-0.15, -0.1) is 0 Å². The summed E-state index contributed by atoms with van der Waals surface area (Å²) in [7, 11) is 2.83. The van der Waals surface area contributed by atoms with Crippen molar-refractivity contribution in [1.29, 1.82) is 0 Å². The quantitative estimate of drug-likeness (QED) is 0.426. The van der Waals surface area contributed by atoms with Crippen LogP contribution in [0.2, 0.25) is 0 Å². The highest BCUT2D eigenvalue weighted by molar-refractivity contribution is 7.79. The molecule has 0 rings (SSSR count). The molecule has 6 nitrogen and oxygen atoms in total. The minimum atomic E-state index is -4.67. The maximum Gasteiger partial charge on any atom is 0.394 e. The summed E-state index contributed by atoms with van der Waals surface area (Å²) < 4.78 is 31.6. The smallest absolute Gasteiger partial charge is 0.333 e. The average molecular weight is 188 g/mol. The first kappa shape index (κ1) is 17.0. The number of nitrogens with two attached hydrogens (primary N) is 1. The van der Waals surface area contributed by atoms with Crippen molar-refractivity contribution in [2.24, 2.45) is 5.73 Å². The predicted octanol–water partition coefficient (Wildman–Crippen LogP) is -0.900. The Morgan fingerprint density at radius 2 is 1.09 bits per heavy atom. The topological polar surface area (TPSA) is 104 Å². The Hall–Kier alpha value is -0.210. The third-order valence-corrected chi connectivity index (χ3v) is 0. The van der Waals surface area contributed by atoms with Crippen LogP contribution in [0.5, 0.6) is 0 Å². The van der Waals surface area contributed by atoms with Crippen molar-refractivity contribution in [2.45, 2.75) is 0 Å². The van der Waals surface area contributed by atoms with Crippen LogP contribution >= 0.6 is 0 Å². The lowest BCUT2D eigenvalue weighted by Gasteiger charge is -1.90. The molecule has 0 atom stereocenters. The van der Waals surface area contributed by atoms with Crippen LogP contribution in [-0.2, 0) is 10.4 Å². The molecule has 0 amide bonds. The Kier molecular flexibility index (Phi) is 15.2. The fourth-order valence-electron chi connectivity index (χ4n) is 0. The number of hydrogen-bond acceptors (Lipinski definition) is 4. The second-order valence-corrected chi connectivity index (χ2v) is 2.69. The van der Waals surface area contributed by atoms with Crippen LogP contribution in [0.3, 0.4) is 0 Å². The summed E-state index contributed by atoms with van der Waals surface area (Å²) in [5.74, 6) is 0. The molecule has 0 bridgehead atoms. The summed E-state index contributed by atoms with van der Waals surface area (Å²) in [5, 5.41) is 0. The van der Waals surface area contributed by atoms with E-state index in [1.807, 2.05) is 26.0 Å². The Bertz CT molecular complexity index is 131. The minimum absolute atomic E-state index is 1.50. The van der Waals surface area contributed by atoms with Crippen molar-refractivity contribution >= 4 is 10.4 Å². The van der Waals surface area contributed by atoms with Gasteiger partial charge in [-0.25, -0.2) is 0 Å². The molecule has 0 fully saturated rings. The van der Waals surface area contributed by atoms with Crippen LogP contribution < -0.4 is 5.73 Å². The van der Waals surface area contributed by atoms with Gasteiger partial charge < -0.3 is 10.6 Å². The molecule has 0 spiro atoms. The van der Waals surface area contributed by atoms with Gasteiger partial charge in [0.05, 0.1) is 0 Å². The number of hydrogen-bond donors (Lipinski definition) is 3. The van der Waals surface area contributed by atoms with E-state index >= 15 is 0 Å². The highest BCUT2D eigenvalue weighted by atomic mass is 32.3. The van der Waals surface area contributed by atoms with E-state index in [4.69, 9.17) is 17.5 Å². The van der Waals surface area contributed by atoms with E-state index in [9.17, 15) is 0 Å². The van der Waals surface area contributed by atoms with Gasteiger partial charge >= 0.3 is 10.4 Å². The first-order valence-electron chi connectivity index (χ1n) is 2.62. The van der Waals surface area contributed by atoms with E-state index in [1.165, 1.54) is 7.05 Å². The molecule has 7 heteroatoms. The first-order chi connectivity index (χ1) is 4.73. The van der Waals surface area contributed by atoms with Gasteiger partial charge in [0, 0.05) is 0 Å². The zero-order valence-corrected chi connectivity index (χ0v) is 7.96. The van der Waals surface area contributed by atoms with Gasteiger partial charge in [0.1, 0.15) is 0 Å². The van der Waals surface area contributed by atoms with E-state index in [1.54, 1.807) is 0 Å². The maximum absolute atomic E-state index is 8.74. The molecule has 11 heavy (non-hydrogen) atoms. The fourth-order valence-corrected chi connectivity index (χ4v) is 0. The highest BCUT2D eigenvalue weighted by Crippen LogP contribution is 1.59. The molecule has 0 aromatic carbocycles. The lowest BCUT2D eigenvalue weighted by molar-refractivity contribution is 0.381. The minimum Gasteiger partial charge on any atom is -0.333 e. The summed E-state index contributed by atoms with van der Waals surface area (Å²) in [4.78, 5) is 2.00. The molecule has 0 aliphatic rings. The van der Waals surface area contributed by atoms with Gasteiger partial charge in [0.15, 0.2) is 0 Å². The third-order valence-electron chi connectivity index (χ3n) is 0. The number of rotatable bonds is 0. The van der Waals surface area contributed by atoms with Crippen molar-refractivity contribution < 1.29 is 17.5 Å². The monoisotopic (exact) mass is 188 g/mol. The highest BCUT2D eigenvalue weighted by Gasteiger charge is 1.84. The summed E-state index contributed by atoms with van der Waals surface area (Å²) >= 11 is 0. The molecule has 0 aromatic rings. The third kappa shape index (κ3) is 13500. The van der Waals surface area contributed by atoms with Crippen molar-refractivity contribution in [3.63, 3.8) is 0 Å². The second-order valence-electron chi connectivity index (χ2n) is 1.79. The lowest BCUT2D eigenvalue weighted by atomic mass is 11.0.